The number of hydrogen-bond donors (Lipinski definition) is 2. The second kappa shape index (κ2) is 9.16. The van der Waals surface area contributed by atoms with Gasteiger partial charge in [0.2, 0.25) is 0 Å². The Morgan fingerprint density at radius 2 is 1.96 bits per heavy atom. The molecule has 1 aromatic carbocycles. The van der Waals surface area contributed by atoms with Crippen molar-refractivity contribution >= 4 is 17.7 Å². The molecular weight excluding hydrogens is 336 g/mol. The summed E-state index contributed by atoms with van der Waals surface area (Å²) in [6, 6.07) is 6.04. The highest BCUT2D eigenvalue weighted by Crippen LogP contribution is 2.25. The number of anilines is 1. The Balaban J connectivity index is 1.83. The second-order valence-electron chi connectivity index (χ2n) is 5.54. The quantitative estimate of drug-likeness (QED) is 0.781. The first-order valence-corrected chi connectivity index (χ1v) is 8.08. The number of hydrogen-bond acceptors (Lipinski definition) is 4. The van der Waals surface area contributed by atoms with Gasteiger partial charge >= 0.3 is 12.7 Å². The average Bonchev–Trinajstić information content (AvgIpc) is 2.57. The topological polar surface area (TPSA) is 72.3 Å². The smallest absolute Gasteiger partial charge is 0.410 e. The van der Waals surface area contributed by atoms with E-state index in [0.717, 1.165) is 4.90 Å². The lowest BCUT2D eigenvalue weighted by atomic mass is 10.3. The van der Waals surface area contributed by atoms with Crippen molar-refractivity contribution in [1.82, 2.24) is 4.90 Å². The lowest BCUT2D eigenvalue weighted by molar-refractivity contribution is -0.895. The molecule has 7 nitrogen and oxygen atoms in total. The van der Waals surface area contributed by atoms with Gasteiger partial charge in [-0.15, -0.1) is 0 Å². The molecule has 1 heterocycles. The fraction of sp³-hybridized carbons (Fsp3) is 0.500. The average molecular weight is 358 g/mol. The van der Waals surface area contributed by atoms with E-state index in [9.17, 15) is 18.4 Å². The third-order valence-corrected chi connectivity index (χ3v) is 3.78. The molecule has 25 heavy (non-hydrogen) atoms. The lowest BCUT2D eigenvalue weighted by Gasteiger charge is -2.31. The Labute approximate surface area is 144 Å². The molecule has 1 fully saturated rings. The molecule has 138 valence electrons. The van der Waals surface area contributed by atoms with E-state index in [1.165, 1.54) is 12.1 Å². The zero-order valence-corrected chi connectivity index (χ0v) is 14.0. The van der Waals surface area contributed by atoms with Gasteiger partial charge in [0.25, 0.3) is 5.91 Å². The third-order valence-electron chi connectivity index (χ3n) is 3.78. The SMILES string of the molecule is CCOC(=O)N1CC[NH+](CC(=O)Nc2ccccc2OC(F)F)CC1. The molecule has 0 spiro atoms. The van der Waals surface area contributed by atoms with E-state index in [-0.39, 0.29) is 30.0 Å². The highest BCUT2D eigenvalue weighted by Gasteiger charge is 2.26. The van der Waals surface area contributed by atoms with E-state index in [1.807, 2.05) is 0 Å². The first-order valence-electron chi connectivity index (χ1n) is 8.08. The maximum Gasteiger partial charge on any atom is 0.410 e. The minimum Gasteiger partial charge on any atom is -0.450 e. The molecule has 1 aliphatic rings. The standard InChI is InChI=1S/C16H21F2N3O4/c1-2-24-16(23)21-9-7-20(8-10-21)11-14(22)19-12-5-3-4-6-13(12)25-15(17)18/h3-6,15H,2,7-11H2,1H3,(H,19,22)/p+1. The summed E-state index contributed by atoms with van der Waals surface area (Å²) in [5.74, 6) is -0.377. The highest BCUT2D eigenvalue weighted by atomic mass is 19.3. The molecule has 1 aliphatic heterocycles. The largest absolute Gasteiger partial charge is 0.450 e. The number of quaternary nitrogens is 1. The van der Waals surface area contributed by atoms with Gasteiger partial charge in [0.1, 0.15) is 5.75 Å². The molecule has 0 aliphatic carbocycles. The van der Waals surface area contributed by atoms with Crippen LogP contribution in [-0.2, 0) is 9.53 Å². The van der Waals surface area contributed by atoms with Crippen LogP contribution in [0, 0.1) is 0 Å². The Bertz CT molecular complexity index is 592. The number of ether oxygens (including phenoxy) is 2. The summed E-state index contributed by atoms with van der Waals surface area (Å²) in [6.45, 7) is 1.54. The Hall–Kier alpha value is -2.42. The van der Waals surface area contributed by atoms with Gasteiger partial charge in [-0.3, -0.25) is 9.69 Å². The number of amides is 2. The number of carbonyl (C=O) groups excluding carboxylic acids is 2. The molecule has 9 heteroatoms. The fourth-order valence-electron chi connectivity index (χ4n) is 2.59. The fourth-order valence-corrected chi connectivity index (χ4v) is 2.59. The molecule has 0 saturated carbocycles. The van der Waals surface area contributed by atoms with Gasteiger partial charge in [0, 0.05) is 0 Å². The van der Waals surface area contributed by atoms with E-state index < -0.39 is 6.61 Å². The predicted molar refractivity (Wildman–Crippen MR) is 85.9 cm³/mol. The first-order chi connectivity index (χ1) is 12.0. The molecule has 2 amide bonds. The van der Waals surface area contributed by atoms with Crippen molar-refractivity contribution in [2.24, 2.45) is 0 Å². The Morgan fingerprint density at radius 1 is 1.28 bits per heavy atom. The molecule has 0 bridgehead atoms. The van der Waals surface area contributed by atoms with Gasteiger partial charge in [-0.05, 0) is 19.1 Å². The number of carbonyl (C=O) groups is 2. The van der Waals surface area contributed by atoms with Crippen LogP contribution < -0.4 is 15.0 Å². The summed E-state index contributed by atoms with van der Waals surface area (Å²) < 4.78 is 34.1. The Morgan fingerprint density at radius 3 is 2.60 bits per heavy atom. The summed E-state index contributed by atoms with van der Waals surface area (Å²) >= 11 is 0. The normalized spacial score (nSPS) is 15.1. The van der Waals surface area contributed by atoms with E-state index in [2.05, 4.69) is 10.1 Å². The van der Waals surface area contributed by atoms with Gasteiger partial charge in [0.05, 0.1) is 38.5 Å². The van der Waals surface area contributed by atoms with Crippen molar-refractivity contribution in [2.75, 3.05) is 44.6 Å². The summed E-state index contributed by atoms with van der Waals surface area (Å²) in [5.41, 5.74) is 0.206. The van der Waals surface area contributed by atoms with Crippen LogP contribution in [0.3, 0.4) is 0 Å². The zero-order valence-electron chi connectivity index (χ0n) is 14.0. The van der Waals surface area contributed by atoms with Gasteiger partial charge in [-0.25, -0.2) is 4.79 Å². The highest BCUT2D eigenvalue weighted by molar-refractivity contribution is 5.92. The number of halogens is 2. The van der Waals surface area contributed by atoms with E-state index in [0.29, 0.717) is 32.8 Å². The number of para-hydroxylation sites is 2. The molecule has 0 radical (unpaired) electrons. The van der Waals surface area contributed by atoms with Crippen LogP contribution in [0.25, 0.3) is 0 Å². The van der Waals surface area contributed by atoms with Crippen molar-refractivity contribution < 1.29 is 32.7 Å². The molecule has 0 atom stereocenters. The van der Waals surface area contributed by atoms with Gasteiger partial charge in [0.15, 0.2) is 6.54 Å². The summed E-state index contributed by atoms with van der Waals surface area (Å²) in [4.78, 5) is 26.4. The van der Waals surface area contributed by atoms with Gasteiger partial charge in [-0.1, -0.05) is 12.1 Å². The number of nitrogens with one attached hydrogen (secondary N) is 2. The van der Waals surface area contributed by atoms with Crippen molar-refractivity contribution in [3.8, 4) is 5.75 Å². The molecule has 0 unspecified atom stereocenters. The van der Waals surface area contributed by atoms with Crippen LogP contribution >= 0.6 is 0 Å². The monoisotopic (exact) mass is 358 g/mol. The summed E-state index contributed by atoms with van der Waals surface area (Å²) in [6.07, 6.45) is -0.343. The number of rotatable bonds is 6. The summed E-state index contributed by atoms with van der Waals surface area (Å²) in [5, 5.41) is 2.59. The first kappa shape index (κ1) is 18.9. The molecule has 0 aromatic heterocycles. The van der Waals surface area contributed by atoms with Crippen LogP contribution in [0.5, 0.6) is 5.75 Å². The number of alkyl halides is 2. The molecule has 2 N–H and O–H groups in total. The predicted octanol–water partition coefficient (Wildman–Crippen LogP) is 0.584. The lowest BCUT2D eigenvalue weighted by Crippen LogP contribution is -3.15. The number of piperazine rings is 1. The third kappa shape index (κ3) is 5.86. The van der Waals surface area contributed by atoms with Crippen LogP contribution in [0.15, 0.2) is 24.3 Å². The van der Waals surface area contributed by atoms with Crippen molar-refractivity contribution in [2.45, 2.75) is 13.5 Å². The summed E-state index contributed by atoms with van der Waals surface area (Å²) in [7, 11) is 0. The zero-order chi connectivity index (χ0) is 18.2. The van der Waals surface area contributed by atoms with Crippen LogP contribution in [0.4, 0.5) is 19.3 Å². The van der Waals surface area contributed by atoms with Crippen molar-refractivity contribution in [3.63, 3.8) is 0 Å². The molecule has 1 saturated heterocycles. The molecule has 1 aromatic rings. The van der Waals surface area contributed by atoms with Gasteiger partial charge in [-0.2, -0.15) is 8.78 Å². The maximum absolute atomic E-state index is 12.4. The van der Waals surface area contributed by atoms with E-state index >= 15 is 0 Å². The van der Waals surface area contributed by atoms with Crippen LogP contribution in [0.1, 0.15) is 6.92 Å². The second-order valence-corrected chi connectivity index (χ2v) is 5.54. The van der Waals surface area contributed by atoms with Crippen molar-refractivity contribution in [1.29, 1.82) is 0 Å². The minimum absolute atomic E-state index is 0.0759. The van der Waals surface area contributed by atoms with Crippen LogP contribution in [0.2, 0.25) is 0 Å². The van der Waals surface area contributed by atoms with Crippen molar-refractivity contribution in [3.05, 3.63) is 24.3 Å². The number of nitrogens with zero attached hydrogens (tertiary/aromatic N) is 1. The Kier molecular flexibility index (Phi) is 6.93. The maximum atomic E-state index is 12.4. The minimum atomic E-state index is -2.96. The van der Waals surface area contributed by atoms with Gasteiger partial charge < -0.3 is 19.7 Å². The molecular formula is C16H22F2N3O4+. The van der Waals surface area contributed by atoms with Crippen LogP contribution in [-0.4, -0.2) is 62.8 Å². The molecule has 2 rings (SSSR count). The van der Waals surface area contributed by atoms with E-state index in [1.54, 1.807) is 24.0 Å². The number of benzene rings is 1. The van der Waals surface area contributed by atoms with E-state index in [4.69, 9.17) is 4.74 Å².